The third-order valence-corrected chi connectivity index (χ3v) is 8.31. The Hall–Kier alpha value is -3.38. The number of hydrogen-bond acceptors (Lipinski definition) is 8. The molecule has 3 heterocycles. The Morgan fingerprint density at radius 1 is 1.12 bits per heavy atom. The summed E-state index contributed by atoms with van der Waals surface area (Å²) in [5.74, 6) is 0.987. The summed E-state index contributed by atoms with van der Waals surface area (Å²) < 4.78 is 44.7. The number of rotatable bonds is 9. The van der Waals surface area contributed by atoms with Gasteiger partial charge in [0.15, 0.2) is 0 Å². The largest absolute Gasteiger partial charge is 0.437 e. The molecule has 12 heteroatoms. The van der Waals surface area contributed by atoms with E-state index in [-0.39, 0.29) is 36.5 Å². The molecular formula is C30H36ClFN6O3S. The van der Waals surface area contributed by atoms with Crippen molar-refractivity contribution in [2.24, 2.45) is 17.0 Å². The molecule has 2 aromatic heterocycles. The van der Waals surface area contributed by atoms with E-state index >= 15 is 4.39 Å². The van der Waals surface area contributed by atoms with Crippen molar-refractivity contribution in [1.29, 1.82) is 0 Å². The number of aryl methyl sites for hydroxylation is 1. The molecule has 0 spiro atoms. The molecule has 1 unspecified atom stereocenters. The number of hydrogen-bond donors (Lipinski definition) is 3. The molecule has 4 aromatic rings. The number of nitrogens with two attached hydrogens (primary N) is 1. The van der Waals surface area contributed by atoms with E-state index in [1.54, 1.807) is 25.4 Å². The predicted octanol–water partition coefficient (Wildman–Crippen LogP) is 5.23. The van der Waals surface area contributed by atoms with E-state index in [0.717, 1.165) is 25.1 Å². The molecule has 0 radical (unpaired) electrons. The summed E-state index contributed by atoms with van der Waals surface area (Å²) in [4.78, 5) is 13.7. The van der Waals surface area contributed by atoms with E-state index in [0.29, 0.717) is 51.1 Å². The Balaban J connectivity index is 0.00000405. The summed E-state index contributed by atoms with van der Waals surface area (Å²) in [6.45, 7) is 7.73. The van der Waals surface area contributed by atoms with Gasteiger partial charge in [-0.15, -0.1) is 12.4 Å². The lowest BCUT2D eigenvalue weighted by Crippen LogP contribution is -2.42. The Bertz CT molecular complexity index is 1670. The fourth-order valence-corrected chi connectivity index (χ4v) is 6.37. The van der Waals surface area contributed by atoms with Crippen LogP contribution in [0.25, 0.3) is 22.0 Å². The first kappa shape index (κ1) is 31.6. The Morgan fingerprint density at radius 3 is 2.67 bits per heavy atom. The van der Waals surface area contributed by atoms with Crippen molar-refractivity contribution < 1.29 is 17.5 Å². The van der Waals surface area contributed by atoms with Gasteiger partial charge in [0.05, 0.1) is 17.0 Å². The van der Waals surface area contributed by atoms with Gasteiger partial charge in [0.2, 0.25) is 21.9 Å². The molecule has 3 atom stereocenters. The number of primary sulfonamides is 1. The number of ether oxygens (including phenoxy) is 1. The minimum Gasteiger partial charge on any atom is -0.437 e. The maximum atomic E-state index is 15.0. The van der Waals surface area contributed by atoms with E-state index in [2.05, 4.69) is 27.5 Å². The monoisotopic (exact) mass is 614 g/mol. The topological polar surface area (TPSA) is 132 Å². The molecule has 1 aliphatic heterocycles. The lowest BCUT2D eigenvalue weighted by atomic mass is 9.94. The second-order valence-electron chi connectivity index (χ2n) is 11.0. The number of nitrogens with one attached hydrogen (secondary N) is 2. The van der Waals surface area contributed by atoms with Crippen LogP contribution < -0.4 is 20.5 Å². The van der Waals surface area contributed by atoms with Crippen LogP contribution in [0.1, 0.15) is 31.4 Å². The number of halogens is 2. The fourth-order valence-electron chi connectivity index (χ4n) is 5.46. The molecule has 0 bridgehead atoms. The standard InChI is InChI=1S/C30H35FN6O3S.ClH/c1-18-13-21(16-33-15-18)36-30-35-12-10-27(37-30)24-5-4-11-34-29(24)40-28-20(3)6-7-22-23(28)8-9-26(31)25(22)14-19(2)17-41(32,38)39;/h4-12,18-19,21,33H,13-17H2,1-3H3,(H2,32,38,39)(H,35,36,37);1H/t18-,19?,21-;/m0./s1. The van der Waals surface area contributed by atoms with E-state index in [1.807, 2.05) is 37.3 Å². The van der Waals surface area contributed by atoms with Crippen molar-refractivity contribution in [3.8, 4) is 22.9 Å². The maximum Gasteiger partial charge on any atom is 0.228 e. The van der Waals surface area contributed by atoms with Crippen LogP contribution in [0.5, 0.6) is 11.6 Å². The van der Waals surface area contributed by atoms with Gasteiger partial charge in [0.1, 0.15) is 11.6 Å². The summed E-state index contributed by atoms with van der Waals surface area (Å²) in [5.41, 5.74) is 2.61. The number of benzene rings is 2. The number of sulfonamides is 1. The molecular weight excluding hydrogens is 579 g/mol. The first-order valence-electron chi connectivity index (χ1n) is 13.7. The minimum atomic E-state index is -3.68. The molecule has 5 rings (SSSR count). The second-order valence-corrected chi connectivity index (χ2v) is 12.7. The number of piperidine rings is 1. The van der Waals surface area contributed by atoms with E-state index in [4.69, 9.17) is 14.9 Å². The van der Waals surface area contributed by atoms with Gasteiger partial charge in [-0.05, 0) is 85.0 Å². The molecule has 1 saturated heterocycles. The third-order valence-electron chi connectivity index (χ3n) is 7.28. The zero-order valence-electron chi connectivity index (χ0n) is 23.8. The van der Waals surface area contributed by atoms with Crippen molar-refractivity contribution in [1.82, 2.24) is 20.3 Å². The van der Waals surface area contributed by atoms with Crippen LogP contribution in [0.2, 0.25) is 0 Å². The summed E-state index contributed by atoms with van der Waals surface area (Å²) in [6.07, 6.45) is 4.60. The zero-order chi connectivity index (χ0) is 29.1. The summed E-state index contributed by atoms with van der Waals surface area (Å²) in [5, 5.41) is 13.4. The maximum absolute atomic E-state index is 15.0. The Morgan fingerprint density at radius 2 is 1.90 bits per heavy atom. The van der Waals surface area contributed by atoms with Crippen molar-refractivity contribution >= 4 is 39.2 Å². The van der Waals surface area contributed by atoms with Crippen molar-refractivity contribution in [3.63, 3.8) is 0 Å². The molecule has 0 aliphatic carbocycles. The Labute approximate surface area is 252 Å². The van der Waals surface area contributed by atoms with Crippen LogP contribution in [0.4, 0.5) is 10.3 Å². The third kappa shape index (κ3) is 7.52. The van der Waals surface area contributed by atoms with Crippen LogP contribution in [0, 0.1) is 24.6 Å². The second kappa shape index (κ2) is 13.3. The molecule has 0 saturated carbocycles. The fraction of sp³-hybridized carbons (Fsp3) is 0.367. The van der Waals surface area contributed by atoms with Crippen LogP contribution in [0.15, 0.2) is 54.9 Å². The predicted molar refractivity (Wildman–Crippen MR) is 166 cm³/mol. The van der Waals surface area contributed by atoms with E-state index in [9.17, 15) is 8.42 Å². The Kier molecular flexibility index (Phi) is 9.98. The minimum absolute atomic E-state index is 0. The number of anilines is 1. The quantitative estimate of drug-likeness (QED) is 0.233. The molecule has 4 N–H and O–H groups in total. The highest BCUT2D eigenvalue weighted by molar-refractivity contribution is 7.89. The van der Waals surface area contributed by atoms with Gasteiger partial charge in [0, 0.05) is 30.4 Å². The molecule has 2 aromatic carbocycles. The number of pyridine rings is 1. The average Bonchev–Trinajstić information content (AvgIpc) is 2.91. The average molecular weight is 615 g/mol. The van der Waals surface area contributed by atoms with Crippen molar-refractivity contribution in [2.45, 2.75) is 39.7 Å². The lowest BCUT2D eigenvalue weighted by molar-refractivity contribution is 0.377. The molecule has 42 heavy (non-hydrogen) atoms. The van der Waals surface area contributed by atoms with Crippen LogP contribution >= 0.6 is 12.4 Å². The number of fused-ring (bicyclic) bond motifs is 1. The van der Waals surface area contributed by atoms with Crippen LogP contribution in [-0.4, -0.2) is 48.3 Å². The molecule has 9 nitrogen and oxygen atoms in total. The van der Waals surface area contributed by atoms with Crippen molar-refractivity contribution in [2.75, 3.05) is 24.2 Å². The van der Waals surface area contributed by atoms with E-state index in [1.165, 1.54) is 6.07 Å². The highest BCUT2D eigenvalue weighted by Gasteiger charge is 2.21. The van der Waals surface area contributed by atoms with Gasteiger partial charge in [-0.3, -0.25) is 0 Å². The van der Waals surface area contributed by atoms with Gasteiger partial charge in [0.25, 0.3) is 0 Å². The highest BCUT2D eigenvalue weighted by atomic mass is 35.5. The number of nitrogens with zero attached hydrogens (tertiary/aromatic N) is 3. The molecule has 1 aliphatic rings. The van der Waals surface area contributed by atoms with Crippen LogP contribution in [-0.2, 0) is 16.4 Å². The smallest absolute Gasteiger partial charge is 0.228 e. The lowest BCUT2D eigenvalue weighted by Gasteiger charge is -2.28. The zero-order valence-corrected chi connectivity index (χ0v) is 25.4. The summed E-state index contributed by atoms with van der Waals surface area (Å²) in [7, 11) is -3.68. The molecule has 1 fully saturated rings. The first-order valence-corrected chi connectivity index (χ1v) is 15.4. The summed E-state index contributed by atoms with van der Waals surface area (Å²) >= 11 is 0. The first-order chi connectivity index (χ1) is 19.6. The molecule has 0 amide bonds. The molecule has 224 valence electrons. The van der Waals surface area contributed by atoms with Gasteiger partial charge >= 0.3 is 0 Å². The van der Waals surface area contributed by atoms with Gasteiger partial charge < -0.3 is 15.4 Å². The highest BCUT2D eigenvalue weighted by Crippen LogP contribution is 2.38. The van der Waals surface area contributed by atoms with Gasteiger partial charge in [-0.2, -0.15) is 0 Å². The van der Waals surface area contributed by atoms with Gasteiger partial charge in [-0.25, -0.2) is 32.9 Å². The van der Waals surface area contributed by atoms with Crippen molar-refractivity contribution in [3.05, 3.63) is 71.8 Å². The normalized spacial score (nSPS) is 17.8. The van der Waals surface area contributed by atoms with E-state index < -0.39 is 15.8 Å². The number of aromatic nitrogens is 3. The van der Waals surface area contributed by atoms with Gasteiger partial charge in [-0.1, -0.05) is 26.0 Å². The SMILES string of the molecule is Cc1ccc2c(CC(C)CS(N)(=O)=O)c(F)ccc2c1Oc1ncccc1-c1ccnc(N[C@@H]2CNC[C@@H](C)C2)n1.Cl. The van der Waals surface area contributed by atoms with Crippen LogP contribution in [0.3, 0.4) is 0 Å². The summed E-state index contributed by atoms with van der Waals surface area (Å²) in [6, 6.07) is 12.5.